The molecule has 0 unspecified atom stereocenters. The molecule has 0 aromatic heterocycles. The van der Waals surface area contributed by atoms with Gasteiger partial charge in [0.1, 0.15) is 5.56 Å². The standard InChI is InChI=1S/C13H16N2O5/c1-9-4-5-11(15(18)19)10(8-9)13(17)14(2)7-6-12(16)20-3/h4-5,8H,6-7H2,1-3H3. The van der Waals surface area contributed by atoms with E-state index in [4.69, 9.17) is 0 Å². The molecule has 1 amide bonds. The van der Waals surface area contributed by atoms with Gasteiger partial charge in [0.2, 0.25) is 0 Å². The van der Waals surface area contributed by atoms with Crippen LogP contribution < -0.4 is 0 Å². The molecule has 1 aromatic rings. The number of methoxy groups -OCH3 is 1. The number of carbonyl (C=O) groups is 2. The molecule has 1 rings (SSSR count). The van der Waals surface area contributed by atoms with Gasteiger partial charge in [-0.3, -0.25) is 19.7 Å². The lowest BCUT2D eigenvalue weighted by molar-refractivity contribution is -0.385. The van der Waals surface area contributed by atoms with E-state index in [9.17, 15) is 19.7 Å². The zero-order chi connectivity index (χ0) is 15.3. The molecule has 0 N–H and O–H groups in total. The Morgan fingerprint density at radius 1 is 1.40 bits per heavy atom. The van der Waals surface area contributed by atoms with Gasteiger partial charge in [-0.2, -0.15) is 0 Å². The lowest BCUT2D eigenvalue weighted by Crippen LogP contribution is -2.29. The second-order valence-electron chi connectivity index (χ2n) is 4.33. The number of nitro benzene ring substituents is 1. The van der Waals surface area contributed by atoms with Crippen molar-refractivity contribution in [2.24, 2.45) is 0 Å². The van der Waals surface area contributed by atoms with Crippen LogP contribution in [0, 0.1) is 17.0 Å². The second-order valence-corrected chi connectivity index (χ2v) is 4.33. The van der Waals surface area contributed by atoms with Crippen LogP contribution in [-0.4, -0.2) is 42.4 Å². The van der Waals surface area contributed by atoms with Crippen molar-refractivity contribution in [2.45, 2.75) is 13.3 Å². The SMILES string of the molecule is COC(=O)CCN(C)C(=O)c1cc(C)ccc1[N+](=O)[O-]. The summed E-state index contributed by atoms with van der Waals surface area (Å²) in [4.78, 5) is 34.8. The summed E-state index contributed by atoms with van der Waals surface area (Å²) >= 11 is 0. The quantitative estimate of drug-likeness (QED) is 0.463. The van der Waals surface area contributed by atoms with Crippen molar-refractivity contribution in [2.75, 3.05) is 20.7 Å². The summed E-state index contributed by atoms with van der Waals surface area (Å²) in [5, 5.41) is 10.9. The molecule has 0 atom stereocenters. The third-order valence-corrected chi connectivity index (χ3v) is 2.80. The Balaban J connectivity index is 2.93. The van der Waals surface area contributed by atoms with Gasteiger partial charge in [-0.25, -0.2) is 0 Å². The van der Waals surface area contributed by atoms with E-state index in [1.165, 1.54) is 31.2 Å². The number of hydrogen-bond donors (Lipinski definition) is 0. The molecule has 1 aromatic carbocycles. The third-order valence-electron chi connectivity index (χ3n) is 2.80. The average Bonchev–Trinajstić information content (AvgIpc) is 2.42. The summed E-state index contributed by atoms with van der Waals surface area (Å²) in [7, 11) is 2.74. The molecular weight excluding hydrogens is 264 g/mol. The molecule has 7 heteroatoms. The molecule has 108 valence electrons. The Labute approximate surface area is 116 Å². The van der Waals surface area contributed by atoms with Crippen molar-refractivity contribution >= 4 is 17.6 Å². The van der Waals surface area contributed by atoms with Crippen molar-refractivity contribution in [3.63, 3.8) is 0 Å². The summed E-state index contributed by atoms with van der Waals surface area (Å²) in [6, 6.07) is 4.34. The van der Waals surface area contributed by atoms with Gasteiger partial charge in [0.05, 0.1) is 18.5 Å². The molecule has 0 heterocycles. The predicted octanol–water partition coefficient (Wildman–Crippen LogP) is 1.54. The van der Waals surface area contributed by atoms with Crippen LogP contribution in [0.4, 0.5) is 5.69 Å². The highest BCUT2D eigenvalue weighted by atomic mass is 16.6. The number of ether oxygens (including phenoxy) is 1. The fourth-order valence-corrected chi connectivity index (χ4v) is 1.65. The van der Waals surface area contributed by atoms with Crippen LogP contribution in [0.15, 0.2) is 18.2 Å². The minimum absolute atomic E-state index is 0.0161. The number of carbonyl (C=O) groups excluding carboxylic acids is 2. The summed E-state index contributed by atoms with van der Waals surface area (Å²) in [5.74, 6) is -0.937. The predicted molar refractivity (Wildman–Crippen MR) is 71.4 cm³/mol. The van der Waals surface area contributed by atoms with Gasteiger partial charge in [0, 0.05) is 19.7 Å². The van der Waals surface area contributed by atoms with E-state index in [1.54, 1.807) is 13.0 Å². The van der Waals surface area contributed by atoms with Gasteiger partial charge in [0.15, 0.2) is 0 Å². The van der Waals surface area contributed by atoms with Crippen molar-refractivity contribution in [3.05, 3.63) is 39.4 Å². The maximum Gasteiger partial charge on any atom is 0.307 e. The number of aryl methyl sites for hydroxylation is 1. The first-order valence-corrected chi connectivity index (χ1v) is 5.94. The minimum atomic E-state index is -0.596. The van der Waals surface area contributed by atoms with Crippen LogP contribution in [0.2, 0.25) is 0 Å². The Morgan fingerprint density at radius 2 is 2.05 bits per heavy atom. The van der Waals surface area contributed by atoms with Crippen LogP contribution in [-0.2, 0) is 9.53 Å². The number of rotatable bonds is 5. The molecule has 0 bridgehead atoms. The van der Waals surface area contributed by atoms with Crippen LogP contribution in [0.5, 0.6) is 0 Å². The fourth-order valence-electron chi connectivity index (χ4n) is 1.65. The topological polar surface area (TPSA) is 89.8 Å². The number of benzene rings is 1. The molecule has 0 aliphatic rings. The Morgan fingerprint density at radius 3 is 2.60 bits per heavy atom. The van der Waals surface area contributed by atoms with E-state index in [0.29, 0.717) is 0 Å². The Hall–Kier alpha value is -2.44. The van der Waals surface area contributed by atoms with Crippen molar-refractivity contribution in [1.29, 1.82) is 0 Å². The second kappa shape index (κ2) is 6.65. The van der Waals surface area contributed by atoms with Crippen LogP contribution in [0.25, 0.3) is 0 Å². The smallest absolute Gasteiger partial charge is 0.307 e. The van der Waals surface area contributed by atoms with Crippen molar-refractivity contribution in [3.8, 4) is 0 Å². The third kappa shape index (κ3) is 3.78. The van der Waals surface area contributed by atoms with Crippen molar-refractivity contribution < 1.29 is 19.2 Å². The monoisotopic (exact) mass is 280 g/mol. The lowest BCUT2D eigenvalue weighted by atomic mass is 10.1. The highest BCUT2D eigenvalue weighted by molar-refractivity contribution is 5.98. The number of nitrogens with zero attached hydrogens (tertiary/aromatic N) is 2. The van der Waals surface area contributed by atoms with Gasteiger partial charge in [-0.1, -0.05) is 6.07 Å². The maximum atomic E-state index is 12.2. The van der Waals surface area contributed by atoms with E-state index in [2.05, 4.69) is 4.74 Å². The molecule has 0 fully saturated rings. The Bertz CT molecular complexity index is 542. The van der Waals surface area contributed by atoms with Gasteiger partial charge in [0.25, 0.3) is 11.6 Å². The first-order valence-electron chi connectivity index (χ1n) is 5.94. The molecule has 0 saturated carbocycles. The van der Waals surface area contributed by atoms with Crippen LogP contribution >= 0.6 is 0 Å². The molecular formula is C13H16N2O5. The van der Waals surface area contributed by atoms with E-state index in [1.807, 2.05) is 0 Å². The summed E-state index contributed by atoms with van der Waals surface area (Å²) in [6.07, 6.45) is 0.0400. The highest BCUT2D eigenvalue weighted by Gasteiger charge is 2.23. The van der Waals surface area contributed by atoms with Gasteiger partial charge in [-0.15, -0.1) is 0 Å². The highest BCUT2D eigenvalue weighted by Crippen LogP contribution is 2.21. The van der Waals surface area contributed by atoms with E-state index >= 15 is 0 Å². The van der Waals surface area contributed by atoms with Gasteiger partial charge in [-0.05, 0) is 18.6 Å². The number of esters is 1. The number of nitro groups is 1. The fraction of sp³-hybridized carbons (Fsp3) is 0.385. The van der Waals surface area contributed by atoms with Gasteiger partial charge < -0.3 is 9.64 Å². The number of hydrogen-bond acceptors (Lipinski definition) is 5. The first-order chi connectivity index (χ1) is 9.36. The average molecular weight is 280 g/mol. The molecule has 0 aliphatic heterocycles. The van der Waals surface area contributed by atoms with E-state index in [0.717, 1.165) is 5.56 Å². The molecule has 20 heavy (non-hydrogen) atoms. The normalized spacial score (nSPS) is 9.95. The Kier molecular flexibility index (Phi) is 5.19. The molecule has 0 radical (unpaired) electrons. The number of amides is 1. The summed E-state index contributed by atoms with van der Waals surface area (Å²) < 4.78 is 4.48. The van der Waals surface area contributed by atoms with Crippen LogP contribution in [0.3, 0.4) is 0 Å². The molecule has 0 spiro atoms. The van der Waals surface area contributed by atoms with Crippen LogP contribution in [0.1, 0.15) is 22.3 Å². The summed E-state index contributed by atoms with van der Waals surface area (Å²) in [6.45, 7) is 1.88. The van der Waals surface area contributed by atoms with Crippen molar-refractivity contribution in [1.82, 2.24) is 4.90 Å². The zero-order valence-electron chi connectivity index (χ0n) is 11.6. The molecule has 0 aliphatic carbocycles. The minimum Gasteiger partial charge on any atom is -0.469 e. The molecule has 7 nitrogen and oxygen atoms in total. The zero-order valence-corrected chi connectivity index (χ0v) is 11.6. The first kappa shape index (κ1) is 15.6. The molecule has 0 saturated heterocycles. The summed E-state index contributed by atoms with van der Waals surface area (Å²) in [5.41, 5.74) is 0.521. The maximum absolute atomic E-state index is 12.2. The van der Waals surface area contributed by atoms with Gasteiger partial charge >= 0.3 is 5.97 Å². The largest absolute Gasteiger partial charge is 0.469 e. The van der Waals surface area contributed by atoms with E-state index in [-0.39, 0.29) is 24.2 Å². The lowest BCUT2D eigenvalue weighted by Gasteiger charge is -2.16. The van der Waals surface area contributed by atoms with E-state index < -0.39 is 16.8 Å².